The van der Waals surface area contributed by atoms with Crippen molar-refractivity contribution in [3.8, 4) is 11.5 Å². The zero-order chi connectivity index (χ0) is 23.4. The van der Waals surface area contributed by atoms with Gasteiger partial charge < -0.3 is 19.3 Å². The summed E-state index contributed by atoms with van der Waals surface area (Å²) in [5, 5.41) is 0. The fourth-order valence-electron chi connectivity index (χ4n) is 3.81. The van der Waals surface area contributed by atoms with E-state index in [1.54, 1.807) is 34.1 Å². The van der Waals surface area contributed by atoms with E-state index in [9.17, 15) is 18.0 Å². The maximum atomic E-state index is 12.9. The van der Waals surface area contributed by atoms with Crippen molar-refractivity contribution < 1.29 is 27.5 Å². The second-order valence-corrected chi connectivity index (χ2v) is 9.55. The van der Waals surface area contributed by atoms with Gasteiger partial charge >= 0.3 is 0 Å². The number of fused-ring (bicyclic) bond motifs is 1. The van der Waals surface area contributed by atoms with Crippen LogP contribution in [-0.2, 0) is 14.8 Å². The Bertz CT molecular complexity index is 1140. The number of hydrogen-bond acceptors (Lipinski definition) is 6. The van der Waals surface area contributed by atoms with Crippen molar-refractivity contribution in [2.24, 2.45) is 0 Å². The summed E-state index contributed by atoms with van der Waals surface area (Å²) in [7, 11) is -3.90. The molecule has 2 aliphatic rings. The third-order valence-corrected chi connectivity index (χ3v) is 6.99. The minimum absolute atomic E-state index is 0.0418. The van der Waals surface area contributed by atoms with E-state index in [1.165, 1.54) is 18.2 Å². The molecule has 1 N–H and O–H groups in total. The monoisotopic (exact) mass is 473 g/mol. The lowest BCUT2D eigenvalue weighted by Gasteiger charge is -2.34. The molecule has 2 aromatic carbocycles. The lowest BCUT2D eigenvalue weighted by molar-refractivity contribution is -0.132. The van der Waals surface area contributed by atoms with Gasteiger partial charge in [0.25, 0.3) is 15.9 Å². The molecular formula is C23H27N3O6S. The Morgan fingerprint density at radius 1 is 0.939 bits per heavy atom. The highest BCUT2D eigenvalue weighted by atomic mass is 32.2. The Morgan fingerprint density at radius 2 is 1.64 bits per heavy atom. The first-order valence-corrected chi connectivity index (χ1v) is 12.5. The van der Waals surface area contributed by atoms with Gasteiger partial charge in [0.05, 0.1) is 18.1 Å². The third-order valence-electron chi connectivity index (χ3n) is 5.61. The number of rotatable bonds is 5. The number of amides is 2. The van der Waals surface area contributed by atoms with Gasteiger partial charge in [-0.3, -0.25) is 14.3 Å². The minimum atomic E-state index is -3.90. The molecule has 2 aromatic rings. The number of nitrogens with zero attached hydrogens (tertiary/aromatic N) is 2. The first-order chi connectivity index (χ1) is 15.9. The second-order valence-electron chi connectivity index (χ2n) is 7.87. The number of piperazine rings is 1. The number of hydrogen-bond donors (Lipinski definition) is 1. The quantitative estimate of drug-likeness (QED) is 0.715. The van der Waals surface area contributed by atoms with Gasteiger partial charge in [0.2, 0.25) is 5.91 Å². The molecule has 1 fully saturated rings. The average Bonchev–Trinajstić information content (AvgIpc) is 3.08. The molecule has 2 amide bonds. The molecule has 33 heavy (non-hydrogen) atoms. The summed E-state index contributed by atoms with van der Waals surface area (Å²) < 4.78 is 39.6. The Kier molecular flexibility index (Phi) is 6.73. The van der Waals surface area contributed by atoms with E-state index in [0.717, 1.165) is 6.42 Å². The van der Waals surface area contributed by atoms with Gasteiger partial charge in [-0.25, -0.2) is 8.42 Å². The third kappa shape index (κ3) is 5.22. The molecule has 10 heteroatoms. The Hall–Kier alpha value is -3.27. The number of ether oxygens (including phenoxy) is 2. The summed E-state index contributed by atoms with van der Waals surface area (Å²) in [5.41, 5.74) is 0.664. The van der Waals surface area contributed by atoms with Crippen LogP contribution in [0.4, 0.5) is 5.69 Å². The fraction of sp³-hybridized carbons (Fsp3) is 0.391. The van der Waals surface area contributed by atoms with Crippen LogP contribution in [0.3, 0.4) is 0 Å². The first-order valence-electron chi connectivity index (χ1n) is 11.0. The molecule has 0 aliphatic carbocycles. The molecule has 0 bridgehead atoms. The van der Waals surface area contributed by atoms with Crippen molar-refractivity contribution in [3.05, 3.63) is 48.0 Å². The molecule has 0 atom stereocenters. The van der Waals surface area contributed by atoms with Gasteiger partial charge in [-0.15, -0.1) is 0 Å². The van der Waals surface area contributed by atoms with Crippen LogP contribution in [0.1, 0.15) is 30.1 Å². The van der Waals surface area contributed by atoms with Crippen LogP contribution in [0.2, 0.25) is 0 Å². The summed E-state index contributed by atoms with van der Waals surface area (Å²) in [6.07, 6.45) is 1.17. The largest absolute Gasteiger partial charge is 0.490 e. The zero-order valence-corrected chi connectivity index (χ0v) is 19.3. The maximum Gasteiger partial charge on any atom is 0.262 e. The van der Waals surface area contributed by atoms with Crippen molar-refractivity contribution in [3.63, 3.8) is 0 Å². The van der Waals surface area contributed by atoms with Crippen LogP contribution in [0, 0.1) is 0 Å². The molecule has 176 valence electrons. The number of benzene rings is 2. The van der Waals surface area contributed by atoms with Crippen molar-refractivity contribution >= 4 is 27.5 Å². The topological polar surface area (TPSA) is 105 Å². The highest BCUT2D eigenvalue weighted by Gasteiger charge is 2.25. The van der Waals surface area contributed by atoms with E-state index >= 15 is 0 Å². The van der Waals surface area contributed by atoms with Crippen molar-refractivity contribution in [2.75, 3.05) is 44.1 Å². The molecule has 0 saturated carbocycles. The van der Waals surface area contributed by atoms with Crippen LogP contribution in [0.5, 0.6) is 11.5 Å². The Morgan fingerprint density at radius 3 is 2.36 bits per heavy atom. The molecule has 9 nitrogen and oxygen atoms in total. The van der Waals surface area contributed by atoms with Gasteiger partial charge in [-0.1, -0.05) is 13.0 Å². The number of carbonyl (C=O) groups excluding carboxylic acids is 2. The molecule has 0 radical (unpaired) electrons. The van der Waals surface area contributed by atoms with Crippen LogP contribution >= 0.6 is 0 Å². The van der Waals surface area contributed by atoms with Gasteiger partial charge in [0.1, 0.15) is 0 Å². The van der Waals surface area contributed by atoms with E-state index in [1.807, 2.05) is 6.92 Å². The summed E-state index contributed by atoms with van der Waals surface area (Å²) in [6, 6.07) is 10.9. The smallest absolute Gasteiger partial charge is 0.262 e. The molecule has 1 saturated heterocycles. The van der Waals surface area contributed by atoms with Gasteiger partial charge in [-0.05, 0) is 30.3 Å². The SMILES string of the molecule is CCC(=O)N1CCN(C(=O)c2cccc(NS(=O)(=O)c3ccc4c(c3)OCCCO4)c2)CC1. The Balaban J connectivity index is 1.46. The van der Waals surface area contributed by atoms with Crippen molar-refractivity contribution in [1.29, 1.82) is 0 Å². The lowest BCUT2D eigenvalue weighted by Crippen LogP contribution is -2.50. The van der Waals surface area contributed by atoms with Gasteiger partial charge in [0.15, 0.2) is 11.5 Å². The van der Waals surface area contributed by atoms with Crippen LogP contribution in [-0.4, -0.2) is 69.4 Å². The van der Waals surface area contributed by atoms with E-state index < -0.39 is 10.0 Å². The summed E-state index contributed by atoms with van der Waals surface area (Å²) in [6.45, 7) is 4.66. The summed E-state index contributed by atoms with van der Waals surface area (Å²) in [5.74, 6) is 0.781. The molecule has 2 aliphatic heterocycles. The van der Waals surface area contributed by atoms with Crippen molar-refractivity contribution in [1.82, 2.24) is 9.80 Å². The number of carbonyl (C=O) groups is 2. The number of sulfonamides is 1. The van der Waals surface area contributed by atoms with E-state index in [2.05, 4.69) is 4.72 Å². The molecule has 2 heterocycles. The summed E-state index contributed by atoms with van der Waals surface area (Å²) in [4.78, 5) is 28.3. The molecule has 0 aromatic heterocycles. The van der Waals surface area contributed by atoms with Crippen LogP contribution in [0.15, 0.2) is 47.4 Å². The minimum Gasteiger partial charge on any atom is -0.490 e. The second kappa shape index (κ2) is 9.70. The first kappa shape index (κ1) is 22.9. The van der Waals surface area contributed by atoms with Crippen LogP contribution in [0.25, 0.3) is 0 Å². The highest BCUT2D eigenvalue weighted by molar-refractivity contribution is 7.92. The highest BCUT2D eigenvalue weighted by Crippen LogP contribution is 2.32. The molecule has 4 rings (SSSR count). The Labute approximate surface area is 193 Å². The predicted octanol–water partition coefficient (Wildman–Crippen LogP) is 2.34. The molecule has 0 spiro atoms. The predicted molar refractivity (Wildman–Crippen MR) is 122 cm³/mol. The fourth-order valence-corrected chi connectivity index (χ4v) is 4.87. The lowest BCUT2D eigenvalue weighted by atomic mass is 10.1. The van der Waals surface area contributed by atoms with Gasteiger partial charge in [0, 0.05) is 56.3 Å². The zero-order valence-electron chi connectivity index (χ0n) is 18.5. The molecule has 0 unspecified atom stereocenters. The van der Waals surface area contributed by atoms with E-state index in [4.69, 9.17) is 9.47 Å². The molecular weight excluding hydrogens is 446 g/mol. The number of nitrogens with one attached hydrogen (secondary N) is 1. The standard InChI is InChI=1S/C23H27N3O6S/c1-2-22(27)25-9-11-26(12-10-25)23(28)17-5-3-6-18(15-17)24-33(29,30)19-7-8-20-21(16-19)32-14-4-13-31-20/h3,5-8,15-16,24H,2,4,9-14H2,1H3. The van der Waals surface area contributed by atoms with Crippen molar-refractivity contribution in [2.45, 2.75) is 24.7 Å². The van der Waals surface area contributed by atoms with Crippen LogP contribution < -0.4 is 14.2 Å². The number of anilines is 1. The average molecular weight is 474 g/mol. The maximum absolute atomic E-state index is 12.9. The summed E-state index contributed by atoms with van der Waals surface area (Å²) >= 11 is 0. The van der Waals surface area contributed by atoms with Gasteiger partial charge in [-0.2, -0.15) is 0 Å². The van der Waals surface area contributed by atoms with E-state index in [-0.39, 0.29) is 22.4 Å². The van der Waals surface area contributed by atoms with E-state index in [0.29, 0.717) is 62.9 Å². The normalized spacial score (nSPS) is 16.2.